The van der Waals surface area contributed by atoms with Crippen molar-refractivity contribution in [2.75, 3.05) is 26.3 Å². The topological polar surface area (TPSA) is 92.1 Å². The predicted octanol–water partition coefficient (Wildman–Crippen LogP) is 3.86. The molecule has 1 fully saturated rings. The zero-order valence-electron chi connectivity index (χ0n) is 17.7. The first-order chi connectivity index (χ1) is 16.0. The Morgan fingerprint density at radius 3 is 2.79 bits per heavy atom. The molecule has 0 saturated carbocycles. The van der Waals surface area contributed by atoms with Crippen molar-refractivity contribution in [3.8, 4) is 33.2 Å². The number of fused-ring (bicyclic) bond motifs is 1. The lowest BCUT2D eigenvalue weighted by molar-refractivity contribution is 0.0415. The molecule has 1 amide bonds. The average molecular weight is 487 g/mol. The van der Waals surface area contributed by atoms with Crippen molar-refractivity contribution in [1.82, 2.24) is 9.88 Å². The van der Waals surface area contributed by atoms with E-state index in [0.29, 0.717) is 48.1 Å². The molecule has 9 heteroatoms. The predicted molar refractivity (Wildman–Crippen MR) is 126 cm³/mol. The largest absolute Gasteiger partial charge is 0.483 e. The van der Waals surface area contributed by atoms with Gasteiger partial charge in [0.2, 0.25) is 0 Å². The van der Waals surface area contributed by atoms with Gasteiger partial charge in [0.15, 0.2) is 11.9 Å². The highest BCUT2D eigenvalue weighted by Gasteiger charge is 2.26. The van der Waals surface area contributed by atoms with Gasteiger partial charge < -0.3 is 24.6 Å². The normalized spacial score (nSPS) is 18.4. The van der Waals surface area contributed by atoms with Crippen LogP contribution in [-0.2, 0) is 0 Å². The second-order valence-electron chi connectivity index (χ2n) is 8.14. The molecule has 3 aromatic rings. The summed E-state index contributed by atoms with van der Waals surface area (Å²) in [4.78, 5) is 19.8. The molecule has 0 unspecified atom stereocenters. The van der Waals surface area contributed by atoms with Gasteiger partial charge in [-0.3, -0.25) is 4.79 Å². The maximum Gasteiger partial charge on any atom is 0.258 e. The van der Waals surface area contributed by atoms with Crippen molar-refractivity contribution >= 4 is 28.8 Å². The molecule has 2 aliphatic rings. The van der Waals surface area contributed by atoms with E-state index >= 15 is 0 Å². The number of nitrogens with zero attached hydrogens (tertiary/aromatic N) is 2. The van der Waals surface area contributed by atoms with Crippen molar-refractivity contribution in [2.24, 2.45) is 0 Å². The van der Waals surface area contributed by atoms with Crippen LogP contribution < -0.4 is 9.47 Å². The number of ether oxygens (including phenoxy) is 2. The van der Waals surface area contributed by atoms with E-state index < -0.39 is 6.10 Å². The van der Waals surface area contributed by atoms with E-state index in [9.17, 15) is 15.0 Å². The minimum Gasteiger partial charge on any atom is -0.483 e. The number of aliphatic hydroxyl groups is 2. The van der Waals surface area contributed by atoms with Gasteiger partial charge in [-0.05, 0) is 48.1 Å². The third kappa shape index (κ3) is 4.44. The quantitative estimate of drug-likeness (QED) is 0.582. The minimum absolute atomic E-state index is 0.0658. The Balaban J connectivity index is 1.38. The molecule has 4 heterocycles. The molecule has 2 N–H and O–H groups in total. The number of carbonyl (C=O) groups is 1. The summed E-state index contributed by atoms with van der Waals surface area (Å²) in [6.07, 6.45) is 2.11. The van der Waals surface area contributed by atoms with Crippen LogP contribution >= 0.6 is 22.9 Å². The summed E-state index contributed by atoms with van der Waals surface area (Å²) in [7, 11) is 0. The highest BCUT2D eigenvalue weighted by atomic mass is 35.5. The molecule has 1 aromatic carbocycles. The van der Waals surface area contributed by atoms with Crippen LogP contribution in [0.2, 0.25) is 5.02 Å². The third-order valence-electron chi connectivity index (χ3n) is 5.91. The molecule has 0 bridgehead atoms. The van der Waals surface area contributed by atoms with Gasteiger partial charge in [0.25, 0.3) is 11.8 Å². The summed E-state index contributed by atoms with van der Waals surface area (Å²) < 4.78 is 11.5. The summed E-state index contributed by atoms with van der Waals surface area (Å²) in [5.74, 6) is 0.867. The highest BCUT2D eigenvalue weighted by molar-refractivity contribution is 7.14. The Labute approximate surface area is 200 Å². The van der Waals surface area contributed by atoms with E-state index in [1.165, 1.54) is 0 Å². The lowest BCUT2D eigenvalue weighted by atomic mass is 10.0. The lowest BCUT2D eigenvalue weighted by Gasteiger charge is -2.29. The number of aliphatic hydroxyl groups excluding tert-OH is 2. The fourth-order valence-electron chi connectivity index (χ4n) is 4.06. The van der Waals surface area contributed by atoms with Gasteiger partial charge in [-0.1, -0.05) is 17.7 Å². The zero-order valence-corrected chi connectivity index (χ0v) is 19.3. The number of hydrogen-bond donors (Lipinski definition) is 2. The van der Waals surface area contributed by atoms with Gasteiger partial charge >= 0.3 is 0 Å². The molecule has 0 spiro atoms. The summed E-state index contributed by atoms with van der Waals surface area (Å²) in [5, 5.41) is 21.5. The number of piperidine rings is 1. The number of aromatic nitrogens is 1. The molecule has 33 heavy (non-hydrogen) atoms. The van der Waals surface area contributed by atoms with Crippen molar-refractivity contribution in [3.63, 3.8) is 0 Å². The van der Waals surface area contributed by atoms with Crippen molar-refractivity contribution in [2.45, 2.75) is 25.0 Å². The van der Waals surface area contributed by atoms with Crippen LogP contribution in [0.5, 0.6) is 11.6 Å². The van der Waals surface area contributed by atoms with Crippen LogP contribution in [0.4, 0.5) is 0 Å². The molecule has 7 nitrogen and oxygen atoms in total. The first-order valence-electron chi connectivity index (χ1n) is 10.8. The second-order valence-corrected chi connectivity index (χ2v) is 9.46. The van der Waals surface area contributed by atoms with Crippen LogP contribution in [0.25, 0.3) is 21.6 Å². The average Bonchev–Trinajstić information content (AvgIpc) is 3.33. The number of thiophene rings is 1. The Kier molecular flexibility index (Phi) is 6.25. The van der Waals surface area contributed by atoms with Crippen molar-refractivity contribution in [3.05, 3.63) is 52.5 Å². The van der Waals surface area contributed by atoms with E-state index in [2.05, 4.69) is 4.98 Å². The number of rotatable bonds is 4. The van der Waals surface area contributed by atoms with Crippen molar-refractivity contribution in [1.29, 1.82) is 0 Å². The van der Waals surface area contributed by atoms with Gasteiger partial charge in [-0.2, -0.15) is 0 Å². The molecule has 1 saturated heterocycles. The summed E-state index contributed by atoms with van der Waals surface area (Å²) in [6, 6.07) is 9.28. The first kappa shape index (κ1) is 22.2. The van der Waals surface area contributed by atoms with E-state index in [4.69, 9.17) is 21.1 Å². The van der Waals surface area contributed by atoms with E-state index in [1.54, 1.807) is 34.6 Å². The van der Waals surface area contributed by atoms with E-state index in [0.717, 1.165) is 21.6 Å². The van der Waals surface area contributed by atoms with Crippen LogP contribution in [-0.4, -0.2) is 64.5 Å². The lowest BCUT2D eigenvalue weighted by Crippen LogP contribution is -2.40. The Bertz CT molecular complexity index is 1180. The third-order valence-corrected chi connectivity index (χ3v) is 7.19. The van der Waals surface area contributed by atoms with Crippen LogP contribution in [0.15, 0.2) is 41.9 Å². The van der Waals surface area contributed by atoms with Crippen LogP contribution in [0.1, 0.15) is 23.2 Å². The number of amides is 1. The standard InChI is InChI=1S/C24H23ClN2O5S/c25-20-9-14(24(30)27-7-4-16(29)5-8-27)1-2-19(20)21-10-15(13-33-21)18-3-6-26-23-22(18)31-12-17(11-28)32-23/h1-3,6,9-10,13,16-17,28-29H,4-5,7-8,11-12H2/t17-/m0/s1. The van der Waals surface area contributed by atoms with E-state index in [1.807, 2.05) is 23.6 Å². The van der Waals surface area contributed by atoms with Gasteiger partial charge in [-0.15, -0.1) is 11.3 Å². The molecule has 2 aliphatic heterocycles. The summed E-state index contributed by atoms with van der Waals surface area (Å²) in [6.45, 7) is 1.23. The van der Waals surface area contributed by atoms with Crippen molar-refractivity contribution < 1.29 is 24.5 Å². The molecule has 5 rings (SSSR count). The highest BCUT2D eigenvalue weighted by Crippen LogP contribution is 2.43. The zero-order chi connectivity index (χ0) is 22.9. The number of carbonyl (C=O) groups excluding carboxylic acids is 1. The molecular weight excluding hydrogens is 464 g/mol. The summed E-state index contributed by atoms with van der Waals surface area (Å²) in [5.41, 5.74) is 3.19. The van der Waals surface area contributed by atoms with Gasteiger partial charge in [0.1, 0.15) is 6.61 Å². The Hall–Kier alpha value is -2.65. The fraction of sp³-hybridized carbons (Fsp3) is 0.333. The minimum atomic E-state index is -0.423. The molecule has 0 aliphatic carbocycles. The Morgan fingerprint density at radius 2 is 2.03 bits per heavy atom. The number of halogens is 1. The number of benzene rings is 1. The monoisotopic (exact) mass is 486 g/mol. The number of likely N-dealkylation sites (tertiary alicyclic amines) is 1. The number of hydrogen-bond acceptors (Lipinski definition) is 7. The second kappa shape index (κ2) is 9.30. The molecule has 1 atom stereocenters. The van der Waals surface area contributed by atoms with Gasteiger partial charge in [0, 0.05) is 40.9 Å². The summed E-state index contributed by atoms with van der Waals surface area (Å²) >= 11 is 8.14. The first-order valence-corrected chi connectivity index (χ1v) is 12.0. The van der Waals surface area contributed by atoms with Crippen LogP contribution in [0, 0.1) is 0 Å². The maximum absolute atomic E-state index is 12.8. The fourth-order valence-corrected chi connectivity index (χ4v) is 5.34. The molecule has 172 valence electrons. The van der Waals surface area contributed by atoms with Gasteiger partial charge in [-0.25, -0.2) is 4.98 Å². The molecular formula is C24H23ClN2O5S. The maximum atomic E-state index is 12.8. The SMILES string of the molecule is O=C(c1ccc(-c2cc(-c3ccnc4c3OC[C@H](CO)O4)cs2)c(Cl)c1)N1CCC(O)CC1. The van der Waals surface area contributed by atoms with Gasteiger partial charge in [0.05, 0.1) is 17.7 Å². The smallest absolute Gasteiger partial charge is 0.258 e. The molecule has 0 radical (unpaired) electrons. The van der Waals surface area contributed by atoms with Crippen LogP contribution in [0.3, 0.4) is 0 Å². The Morgan fingerprint density at radius 1 is 1.21 bits per heavy atom. The number of pyridine rings is 1. The van der Waals surface area contributed by atoms with E-state index in [-0.39, 0.29) is 25.2 Å². The molecule has 2 aromatic heterocycles.